The summed E-state index contributed by atoms with van der Waals surface area (Å²) in [5, 5.41) is 5.07. The van der Waals surface area contributed by atoms with Gasteiger partial charge in [-0.2, -0.15) is 5.10 Å². The van der Waals surface area contributed by atoms with Gasteiger partial charge in [0.05, 0.1) is 22.8 Å². The fraction of sp³-hybridized carbons (Fsp3) is 0.750. The van der Waals surface area contributed by atoms with Crippen molar-refractivity contribution in [1.82, 2.24) is 9.78 Å². The Bertz CT molecular complexity index is 505. The van der Waals surface area contributed by atoms with Crippen molar-refractivity contribution in [2.75, 3.05) is 0 Å². The van der Waals surface area contributed by atoms with E-state index in [9.17, 15) is 4.79 Å². The molecule has 2 rings (SSSR count). The van der Waals surface area contributed by atoms with Crippen molar-refractivity contribution in [3.63, 3.8) is 0 Å². The molecule has 20 heavy (non-hydrogen) atoms. The third kappa shape index (κ3) is 2.93. The van der Waals surface area contributed by atoms with Crippen molar-refractivity contribution in [2.24, 2.45) is 18.4 Å². The molecule has 0 N–H and O–H groups in total. The summed E-state index contributed by atoms with van der Waals surface area (Å²) in [5.41, 5.74) is 1.88. The Labute approximate surface area is 126 Å². The number of nitrogens with zero attached hydrogens (tertiary/aromatic N) is 2. The standard InChI is InChI=1S/C16H25ClN2O/c1-5-12-15(17)13(19(4)18-12)10-14(20)11-8-6-7-9-16(11,2)3/h11H,5-10H2,1-4H3. The molecule has 1 aliphatic rings. The highest BCUT2D eigenvalue weighted by Crippen LogP contribution is 2.41. The van der Waals surface area contributed by atoms with Crippen LogP contribution in [0.25, 0.3) is 0 Å². The maximum Gasteiger partial charge on any atom is 0.142 e. The summed E-state index contributed by atoms with van der Waals surface area (Å²) in [6.45, 7) is 6.47. The predicted octanol–water partition coefficient (Wildman–Crippen LogP) is 3.96. The van der Waals surface area contributed by atoms with E-state index in [0.717, 1.165) is 30.7 Å². The van der Waals surface area contributed by atoms with Crippen molar-refractivity contribution in [3.8, 4) is 0 Å². The maximum atomic E-state index is 12.7. The van der Waals surface area contributed by atoms with Crippen molar-refractivity contribution in [1.29, 1.82) is 0 Å². The number of Topliss-reactive ketones (excluding diaryl/α,β-unsaturated/α-hetero) is 1. The van der Waals surface area contributed by atoms with E-state index in [4.69, 9.17) is 11.6 Å². The molecule has 1 saturated carbocycles. The van der Waals surface area contributed by atoms with Crippen LogP contribution in [0.3, 0.4) is 0 Å². The van der Waals surface area contributed by atoms with Gasteiger partial charge in [-0.25, -0.2) is 0 Å². The van der Waals surface area contributed by atoms with E-state index in [1.807, 2.05) is 14.0 Å². The van der Waals surface area contributed by atoms with Crippen LogP contribution in [0.1, 0.15) is 57.8 Å². The summed E-state index contributed by atoms with van der Waals surface area (Å²) < 4.78 is 1.77. The topological polar surface area (TPSA) is 34.9 Å². The van der Waals surface area contributed by atoms with Gasteiger partial charge in [-0.05, 0) is 24.7 Å². The summed E-state index contributed by atoms with van der Waals surface area (Å²) in [7, 11) is 1.87. The van der Waals surface area contributed by atoms with Crippen molar-refractivity contribution in [2.45, 2.75) is 59.3 Å². The Balaban J connectivity index is 2.17. The van der Waals surface area contributed by atoms with Gasteiger partial charge in [-0.1, -0.05) is 45.2 Å². The van der Waals surface area contributed by atoms with E-state index in [-0.39, 0.29) is 11.3 Å². The minimum atomic E-state index is 0.119. The first-order chi connectivity index (χ1) is 9.36. The summed E-state index contributed by atoms with van der Waals surface area (Å²) in [5.74, 6) is 0.481. The molecule has 1 atom stereocenters. The first kappa shape index (κ1) is 15.6. The second kappa shape index (κ2) is 5.88. The van der Waals surface area contributed by atoms with Crippen molar-refractivity contribution < 1.29 is 4.79 Å². The minimum Gasteiger partial charge on any atom is -0.299 e. The maximum absolute atomic E-state index is 12.7. The average molecular weight is 297 g/mol. The number of hydrogen-bond acceptors (Lipinski definition) is 2. The molecule has 112 valence electrons. The molecule has 1 unspecified atom stereocenters. The first-order valence-corrected chi connectivity index (χ1v) is 7.97. The molecule has 4 heteroatoms. The van der Waals surface area contributed by atoms with Gasteiger partial charge in [-0.15, -0.1) is 0 Å². The van der Waals surface area contributed by atoms with Crippen LogP contribution < -0.4 is 0 Å². The largest absolute Gasteiger partial charge is 0.299 e. The van der Waals surface area contributed by atoms with E-state index in [1.165, 1.54) is 12.8 Å². The average Bonchev–Trinajstić information content (AvgIpc) is 2.65. The lowest BCUT2D eigenvalue weighted by molar-refractivity contribution is -0.127. The van der Waals surface area contributed by atoms with Gasteiger partial charge in [0, 0.05) is 13.0 Å². The van der Waals surface area contributed by atoms with E-state index >= 15 is 0 Å². The molecule has 0 spiro atoms. The smallest absolute Gasteiger partial charge is 0.142 e. The second-order valence-corrected chi connectivity index (χ2v) is 6.99. The zero-order valence-corrected chi connectivity index (χ0v) is 13.8. The lowest BCUT2D eigenvalue weighted by Crippen LogP contribution is -2.35. The highest BCUT2D eigenvalue weighted by Gasteiger charge is 2.37. The van der Waals surface area contributed by atoms with E-state index in [0.29, 0.717) is 17.2 Å². The quantitative estimate of drug-likeness (QED) is 0.843. The molecule has 0 aromatic carbocycles. The van der Waals surface area contributed by atoms with Gasteiger partial charge in [0.2, 0.25) is 0 Å². The predicted molar refractivity (Wildman–Crippen MR) is 82.0 cm³/mol. The van der Waals surface area contributed by atoms with E-state index in [2.05, 4.69) is 18.9 Å². The van der Waals surface area contributed by atoms with E-state index in [1.54, 1.807) is 4.68 Å². The van der Waals surface area contributed by atoms with Gasteiger partial charge in [-0.3, -0.25) is 9.48 Å². The highest BCUT2D eigenvalue weighted by atomic mass is 35.5. The normalized spacial score (nSPS) is 21.9. The zero-order chi connectivity index (χ0) is 14.9. The Hall–Kier alpha value is -0.830. The highest BCUT2D eigenvalue weighted by molar-refractivity contribution is 6.32. The Morgan fingerprint density at radius 2 is 2.15 bits per heavy atom. The number of carbonyl (C=O) groups is 1. The zero-order valence-electron chi connectivity index (χ0n) is 13.0. The summed E-state index contributed by atoms with van der Waals surface area (Å²) in [6.07, 6.45) is 5.78. The first-order valence-electron chi connectivity index (χ1n) is 7.59. The van der Waals surface area contributed by atoms with Crippen LogP contribution in [0.4, 0.5) is 0 Å². The molecular weight excluding hydrogens is 272 g/mol. The van der Waals surface area contributed by atoms with Crippen molar-refractivity contribution >= 4 is 17.4 Å². The lowest BCUT2D eigenvalue weighted by Gasteiger charge is -2.37. The number of ketones is 1. The third-order valence-electron chi connectivity index (χ3n) is 4.74. The summed E-state index contributed by atoms with van der Waals surface area (Å²) >= 11 is 6.35. The fourth-order valence-corrected chi connectivity index (χ4v) is 3.75. The van der Waals surface area contributed by atoms with E-state index < -0.39 is 0 Å². The molecule has 0 bridgehead atoms. The molecule has 1 aromatic heterocycles. The Morgan fingerprint density at radius 1 is 1.45 bits per heavy atom. The van der Waals surface area contributed by atoms with Gasteiger partial charge >= 0.3 is 0 Å². The molecular formula is C16H25ClN2O. The summed E-state index contributed by atoms with van der Waals surface area (Å²) in [6, 6.07) is 0. The molecule has 1 heterocycles. The number of aryl methyl sites for hydroxylation is 2. The number of halogens is 1. The van der Waals surface area contributed by atoms with Crippen LogP contribution in [0.5, 0.6) is 0 Å². The van der Waals surface area contributed by atoms with Crippen LogP contribution in [-0.2, 0) is 24.7 Å². The third-order valence-corrected chi connectivity index (χ3v) is 5.18. The number of aromatic nitrogens is 2. The lowest BCUT2D eigenvalue weighted by atomic mass is 9.66. The monoisotopic (exact) mass is 296 g/mol. The Kier molecular flexibility index (Phi) is 4.58. The second-order valence-electron chi connectivity index (χ2n) is 6.61. The number of hydrogen-bond donors (Lipinski definition) is 0. The van der Waals surface area contributed by atoms with Gasteiger partial charge in [0.1, 0.15) is 5.78 Å². The molecule has 0 amide bonds. The number of rotatable bonds is 4. The molecule has 0 saturated heterocycles. The molecule has 1 fully saturated rings. The molecule has 0 aliphatic heterocycles. The van der Waals surface area contributed by atoms with Crippen LogP contribution in [-0.4, -0.2) is 15.6 Å². The van der Waals surface area contributed by atoms with Gasteiger partial charge in [0.25, 0.3) is 0 Å². The SMILES string of the molecule is CCc1nn(C)c(CC(=O)C2CCCCC2(C)C)c1Cl. The van der Waals surface area contributed by atoms with Gasteiger partial charge < -0.3 is 0 Å². The molecule has 1 aromatic rings. The molecule has 1 aliphatic carbocycles. The van der Waals surface area contributed by atoms with Crippen molar-refractivity contribution in [3.05, 3.63) is 16.4 Å². The van der Waals surface area contributed by atoms with Crippen LogP contribution in [0.15, 0.2) is 0 Å². The van der Waals surface area contributed by atoms with Crippen LogP contribution in [0.2, 0.25) is 5.02 Å². The van der Waals surface area contributed by atoms with Crippen LogP contribution in [0, 0.1) is 11.3 Å². The molecule has 3 nitrogen and oxygen atoms in total. The Morgan fingerprint density at radius 3 is 2.70 bits per heavy atom. The van der Waals surface area contributed by atoms with Crippen LogP contribution >= 0.6 is 11.6 Å². The molecule has 0 radical (unpaired) electrons. The minimum absolute atomic E-state index is 0.119. The fourth-order valence-electron chi connectivity index (χ4n) is 3.39. The number of carbonyl (C=O) groups excluding carboxylic acids is 1. The summed E-state index contributed by atoms with van der Waals surface area (Å²) in [4.78, 5) is 12.7. The van der Waals surface area contributed by atoms with Gasteiger partial charge in [0.15, 0.2) is 0 Å².